The molecule has 0 aromatic carbocycles. The Morgan fingerprint density at radius 2 is 1.90 bits per heavy atom. The topological polar surface area (TPSA) is 78.4 Å². The highest BCUT2D eigenvalue weighted by Gasteiger charge is 2.31. The van der Waals surface area contributed by atoms with Crippen LogP contribution in [0.25, 0.3) is 0 Å². The number of aliphatic carboxylic acids is 1. The molecule has 0 heterocycles. The van der Waals surface area contributed by atoms with Crippen molar-refractivity contribution in [3.05, 3.63) is 0 Å². The van der Waals surface area contributed by atoms with Crippen LogP contribution in [0.1, 0.15) is 51.9 Å². The molecule has 0 aromatic heterocycles. The number of carbonyl (C=O) groups excluding carboxylic acids is 1. The monoisotopic (exact) mass is 314 g/mol. The largest absolute Gasteiger partial charge is 0.481 e. The van der Waals surface area contributed by atoms with E-state index in [1.165, 1.54) is 12.8 Å². The van der Waals surface area contributed by atoms with E-state index in [1.54, 1.807) is 0 Å². The van der Waals surface area contributed by atoms with E-state index in [1.807, 2.05) is 11.8 Å². The lowest BCUT2D eigenvalue weighted by atomic mass is 9.86. The first-order valence-corrected chi connectivity index (χ1v) is 9.06. The maximum absolute atomic E-state index is 12.1. The summed E-state index contributed by atoms with van der Waals surface area (Å²) in [6.45, 7) is 2.15. The van der Waals surface area contributed by atoms with E-state index in [0.717, 1.165) is 31.4 Å². The van der Waals surface area contributed by atoms with E-state index in [9.17, 15) is 9.59 Å². The predicted octanol–water partition coefficient (Wildman–Crippen LogP) is 2.60. The first-order valence-electron chi connectivity index (χ1n) is 8.01. The Labute approximate surface area is 130 Å². The van der Waals surface area contributed by atoms with Crippen molar-refractivity contribution in [1.29, 1.82) is 0 Å². The zero-order valence-electron chi connectivity index (χ0n) is 12.6. The summed E-state index contributed by atoms with van der Waals surface area (Å²) in [5, 5.41) is 15.7. The summed E-state index contributed by atoms with van der Waals surface area (Å²) in [6, 6.07) is 0.131. The molecule has 0 saturated heterocycles. The van der Waals surface area contributed by atoms with Crippen LogP contribution in [0.2, 0.25) is 0 Å². The normalized spacial score (nSPS) is 32.6. The lowest BCUT2D eigenvalue weighted by Crippen LogP contribution is -2.49. The van der Waals surface area contributed by atoms with Crippen LogP contribution >= 0.6 is 11.8 Å². The molecule has 4 unspecified atom stereocenters. The fraction of sp³-hybridized carbons (Fsp3) is 0.867. The van der Waals surface area contributed by atoms with Gasteiger partial charge in [-0.2, -0.15) is 11.8 Å². The SMILES string of the molecule is CCSC1CCCC1NC(=O)NC1CCCC(C(=O)O)C1. The summed E-state index contributed by atoms with van der Waals surface area (Å²) < 4.78 is 0. The highest BCUT2D eigenvalue weighted by molar-refractivity contribution is 7.99. The molecule has 6 heteroatoms. The minimum Gasteiger partial charge on any atom is -0.481 e. The third-order valence-corrected chi connectivity index (χ3v) is 5.83. The second-order valence-corrected chi connectivity index (χ2v) is 7.56. The first-order chi connectivity index (χ1) is 10.1. The number of carboxylic acids is 1. The number of carbonyl (C=O) groups is 2. The number of hydrogen-bond donors (Lipinski definition) is 3. The van der Waals surface area contributed by atoms with Crippen molar-refractivity contribution in [2.24, 2.45) is 5.92 Å². The van der Waals surface area contributed by atoms with Crippen molar-refractivity contribution in [2.45, 2.75) is 69.2 Å². The van der Waals surface area contributed by atoms with Gasteiger partial charge >= 0.3 is 12.0 Å². The van der Waals surface area contributed by atoms with Crippen molar-refractivity contribution >= 4 is 23.8 Å². The minimum absolute atomic E-state index is 0.00136. The van der Waals surface area contributed by atoms with Gasteiger partial charge in [0.2, 0.25) is 0 Å². The molecule has 0 aliphatic heterocycles. The molecule has 4 atom stereocenters. The maximum Gasteiger partial charge on any atom is 0.315 e. The van der Waals surface area contributed by atoms with Gasteiger partial charge in [0.25, 0.3) is 0 Å². The molecule has 2 aliphatic carbocycles. The van der Waals surface area contributed by atoms with E-state index in [-0.39, 0.29) is 24.0 Å². The third kappa shape index (κ3) is 4.80. The van der Waals surface area contributed by atoms with Gasteiger partial charge in [-0.15, -0.1) is 0 Å². The Morgan fingerprint density at radius 3 is 2.62 bits per heavy atom. The van der Waals surface area contributed by atoms with Crippen molar-refractivity contribution in [2.75, 3.05) is 5.75 Å². The number of hydrogen-bond acceptors (Lipinski definition) is 3. The molecule has 21 heavy (non-hydrogen) atoms. The van der Waals surface area contributed by atoms with Crippen LogP contribution in [0.3, 0.4) is 0 Å². The quantitative estimate of drug-likeness (QED) is 0.729. The molecular formula is C15H26N2O3S. The third-order valence-electron chi connectivity index (χ3n) is 4.51. The second kappa shape index (κ2) is 7.92. The molecule has 2 aliphatic rings. The van der Waals surface area contributed by atoms with Crippen molar-refractivity contribution in [1.82, 2.24) is 10.6 Å². The van der Waals surface area contributed by atoms with Gasteiger partial charge in [-0.25, -0.2) is 4.79 Å². The van der Waals surface area contributed by atoms with E-state index in [4.69, 9.17) is 5.11 Å². The second-order valence-electron chi connectivity index (χ2n) is 6.05. The van der Waals surface area contributed by atoms with Gasteiger partial charge in [-0.1, -0.05) is 19.8 Å². The van der Waals surface area contributed by atoms with Gasteiger partial charge < -0.3 is 15.7 Å². The highest BCUT2D eigenvalue weighted by Crippen LogP contribution is 2.30. The molecule has 0 bridgehead atoms. The number of rotatable bonds is 5. The van der Waals surface area contributed by atoms with Crippen LogP contribution in [-0.2, 0) is 4.79 Å². The Kier molecular flexibility index (Phi) is 6.21. The number of amides is 2. The summed E-state index contributed by atoms with van der Waals surface area (Å²) in [5.74, 6) is 0.0314. The van der Waals surface area contributed by atoms with Crippen molar-refractivity contribution in [3.8, 4) is 0 Å². The summed E-state index contributed by atoms with van der Waals surface area (Å²) in [6.07, 6.45) is 6.44. The molecule has 120 valence electrons. The minimum atomic E-state index is -0.739. The average molecular weight is 314 g/mol. The molecule has 0 spiro atoms. The fourth-order valence-electron chi connectivity index (χ4n) is 3.45. The van der Waals surface area contributed by atoms with Gasteiger partial charge in [0.05, 0.1) is 5.92 Å². The van der Waals surface area contributed by atoms with Crippen LogP contribution in [0.5, 0.6) is 0 Å². The summed E-state index contributed by atoms with van der Waals surface area (Å²) in [5.41, 5.74) is 0. The van der Waals surface area contributed by atoms with Gasteiger partial charge in [-0.05, 0) is 37.9 Å². The van der Waals surface area contributed by atoms with Crippen LogP contribution in [0.4, 0.5) is 4.79 Å². The standard InChI is InChI=1S/C15H26N2O3S/c1-2-21-13-8-4-7-12(13)17-15(20)16-11-6-3-5-10(9-11)14(18)19/h10-13H,2-9H2,1H3,(H,18,19)(H2,16,17,20). The Morgan fingerprint density at radius 1 is 1.14 bits per heavy atom. The number of carboxylic acid groups (broad SMARTS) is 1. The van der Waals surface area contributed by atoms with E-state index >= 15 is 0 Å². The van der Waals surface area contributed by atoms with E-state index in [0.29, 0.717) is 11.7 Å². The molecule has 0 radical (unpaired) electrons. The lowest BCUT2D eigenvalue weighted by molar-refractivity contribution is -0.143. The fourth-order valence-corrected chi connectivity index (χ4v) is 4.64. The van der Waals surface area contributed by atoms with E-state index < -0.39 is 5.97 Å². The molecule has 2 amide bonds. The smallest absolute Gasteiger partial charge is 0.315 e. The zero-order valence-corrected chi connectivity index (χ0v) is 13.5. The van der Waals surface area contributed by atoms with Crippen LogP contribution in [0.15, 0.2) is 0 Å². The summed E-state index contributed by atoms with van der Waals surface area (Å²) in [7, 11) is 0. The molecule has 2 rings (SSSR count). The molecular weight excluding hydrogens is 288 g/mol. The molecule has 5 nitrogen and oxygen atoms in total. The first kappa shape index (κ1) is 16.5. The molecule has 2 saturated carbocycles. The maximum atomic E-state index is 12.1. The zero-order chi connectivity index (χ0) is 15.2. The highest BCUT2D eigenvalue weighted by atomic mass is 32.2. The lowest BCUT2D eigenvalue weighted by Gasteiger charge is -2.28. The van der Waals surface area contributed by atoms with Gasteiger partial charge in [0.1, 0.15) is 0 Å². The number of thioether (sulfide) groups is 1. The van der Waals surface area contributed by atoms with Crippen LogP contribution in [0, 0.1) is 5.92 Å². The van der Waals surface area contributed by atoms with E-state index in [2.05, 4.69) is 17.6 Å². The van der Waals surface area contributed by atoms with Crippen molar-refractivity contribution < 1.29 is 14.7 Å². The number of nitrogens with one attached hydrogen (secondary N) is 2. The average Bonchev–Trinajstić information content (AvgIpc) is 2.86. The molecule has 2 fully saturated rings. The molecule has 3 N–H and O–H groups in total. The van der Waals surface area contributed by atoms with Gasteiger partial charge in [-0.3, -0.25) is 4.79 Å². The van der Waals surface area contributed by atoms with Gasteiger partial charge in [0, 0.05) is 17.3 Å². The van der Waals surface area contributed by atoms with Crippen molar-refractivity contribution in [3.63, 3.8) is 0 Å². The summed E-state index contributed by atoms with van der Waals surface area (Å²) >= 11 is 1.92. The Hall–Kier alpha value is -0.910. The summed E-state index contributed by atoms with van der Waals surface area (Å²) in [4.78, 5) is 23.2. The Balaban J connectivity index is 1.77. The Bertz CT molecular complexity index is 378. The van der Waals surface area contributed by atoms with Crippen LogP contribution < -0.4 is 10.6 Å². The number of urea groups is 1. The van der Waals surface area contributed by atoms with Crippen LogP contribution in [-0.4, -0.2) is 40.2 Å². The molecule has 0 aromatic rings. The van der Waals surface area contributed by atoms with Gasteiger partial charge in [0.15, 0.2) is 0 Å². The predicted molar refractivity (Wildman–Crippen MR) is 84.6 cm³/mol.